The molecule has 4 heteroatoms. The number of para-hydroxylation sites is 1. The van der Waals surface area contributed by atoms with Crippen molar-refractivity contribution in [1.82, 2.24) is 0 Å². The maximum atomic E-state index is 12.5. The first-order chi connectivity index (χ1) is 11.0. The van der Waals surface area contributed by atoms with Crippen molar-refractivity contribution in [3.63, 3.8) is 0 Å². The minimum absolute atomic E-state index is 0.0332. The molecule has 0 aliphatic carbocycles. The molecule has 1 aliphatic heterocycles. The summed E-state index contributed by atoms with van der Waals surface area (Å²) in [7, 11) is 0. The van der Waals surface area contributed by atoms with Gasteiger partial charge in [-0.1, -0.05) is 36.8 Å². The molecule has 1 unspecified atom stereocenters. The van der Waals surface area contributed by atoms with Crippen molar-refractivity contribution in [2.24, 2.45) is 0 Å². The van der Waals surface area contributed by atoms with Crippen LogP contribution in [0, 0.1) is 13.8 Å². The van der Waals surface area contributed by atoms with Crippen molar-refractivity contribution in [2.75, 3.05) is 23.3 Å². The molecule has 0 fully saturated rings. The molecule has 1 N–H and O–H groups in total. The number of fused-ring (bicyclic) bond motifs is 1. The van der Waals surface area contributed by atoms with Crippen LogP contribution < -0.4 is 10.2 Å². The van der Waals surface area contributed by atoms with Gasteiger partial charge in [-0.15, -0.1) is 11.8 Å². The first kappa shape index (κ1) is 15.9. The van der Waals surface area contributed by atoms with Crippen molar-refractivity contribution in [1.29, 1.82) is 0 Å². The molecule has 0 bridgehead atoms. The zero-order chi connectivity index (χ0) is 16.4. The molecule has 120 valence electrons. The second-order valence-corrected chi connectivity index (χ2v) is 7.62. The van der Waals surface area contributed by atoms with Gasteiger partial charge >= 0.3 is 0 Å². The van der Waals surface area contributed by atoms with Gasteiger partial charge in [0, 0.05) is 22.4 Å². The van der Waals surface area contributed by atoms with E-state index in [1.165, 1.54) is 10.5 Å². The van der Waals surface area contributed by atoms with Gasteiger partial charge in [0.05, 0.1) is 12.2 Å². The highest BCUT2D eigenvalue weighted by Crippen LogP contribution is 2.37. The zero-order valence-corrected chi connectivity index (χ0v) is 14.6. The van der Waals surface area contributed by atoms with Gasteiger partial charge in [0.2, 0.25) is 5.91 Å². The molecule has 0 saturated heterocycles. The molecule has 23 heavy (non-hydrogen) atoms. The summed E-state index contributed by atoms with van der Waals surface area (Å²) < 4.78 is 0. The molecule has 2 aromatic rings. The monoisotopic (exact) mass is 326 g/mol. The van der Waals surface area contributed by atoms with Crippen LogP contribution in [0.5, 0.6) is 0 Å². The molecule has 0 aromatic heterocycles. The lowest BCUT2D eigenvalue weighted by Gasteiger charge is -2.33. The molecule has 1 heterocycles. The zero-order valence-electron chi connectivity index (χ0n) is 13.8. The molecule has 2 aromatic carbocycles. The highest BCUT2D eigenvalue weighted by Gasteiger charge is 2.23. The van der Waals surface area contributed by atoms with Gasteiger partial charge in [-0.05, 0) is 37.6 Å². The minimum atomic E-state index is 0.0332. The summed E-state index contributed by atoms with van der Waals surface area (Å²) >= 11 is 1.88. The van der Waals surface area contributed by atoms with Crippen LogP contribution in [0.25, 0.3) is 0 Å². The first-order valence-corrected chi connectivity index (χ1v) is 8.78. The quantitative estimate of drug-likeness (QED) is 0.915. The van der Waals surface area contributed by atoms with E-state index in [-0.39, 0.29) is 5.91 Å². The maximum Gasteiger partial charge on any atom is 0.243 e. The third kappa shape index (κ3) is 3.70. The standard InChI is InChI=1S/C19H22N2OS/c1-13-8-9-16(14(2)10-13)20-19(22)12-21-11-15(3)23-18-7-5-4-6-17(18)21/h4-10,15H,11-12H2,1-3H3,(H,20,22). The average Bonchev–Trinajstić information content (AvgIpc) is 2.50. The molecule has 1 aliphatic rings. The van der Waals surface area contributed by atoms with Crippen molar-refractivity contribution in [3.05, 3.63) is 53.6 Å². The Morgan fingerprint density at radius 1 is 1.26 bits per heavy atom. The number of carbonyl (C=O) groups excluding carboxylic acids is 1. The average molecular weight is 326 g/mol. The molecule has 0 radical (unpaired) electrons. The van der Waals surface area contributed by atoms with E-state index in [1.54, 1.807) is 0 Å². The van der Waals surface area contributed by atoms with E-state index in [1.807, 2.05) is 36.9 Å². The van der Waals surface area contributed by atoms with E-state index in [4.69, 9.17) is 0 Å². The number of hydrogen-bond acceptors (Lipinski definition) is 3. The van der Waals surface area contributed by atoms with Crippen molar-refractivity contribution < 1.29 is 4.79 Å². The Morgan fingerprint density at radius 3 is 2.83 bits per heavy atom. The lowest BCUT2D eigenvalue weighted by Crippen LogP contribution is -2.39. The number of hydrogen-bond donors (Lipinski definition) is 1. The Labute approximate surface area is 142 Å². The SMILES string of the molecule is Cc1ccc(NC(=O)CN2CC(C)Sc3ccccc32)c(C)c1. The van der Waals surface area contributed by atoms with Crippen LogP contribution in [0.4, 0.5) is 11.4 Å². The number of benzene rings is 2. The predicted octanol–water partition coefficient (Wildman–Crippen LogP) is 4.24. The van der Waals surface area contributed by atoms with Crippen LogP contribution in [-0.2, 0) is 4.79 Å². The Kier molecular flexibility index (Phi) is 4.62. The largest absolute Gasteiger partial charge is 0.360 e. The molecule has 0 saturated carbocycles. The second-order valence-electron chi connectivity index (χ2n) is 6.14. The Hall–Kier alpha value is -1.94. The summed E-state index contributed by atoms with van der Waals surface area (Å²) in [5, 5.41) is 3.53. The van der Waals surface area contributed by atoms with Gasteiger partial charge < -0.3 is 10.2 Å². The lowest BCUT2D eigenvalue weighted by molar-refractivity contribution is -0.115. The van der Waals surface area contributed by atoms with E-state index in [9.17, 15) is 4.79 Å². The Balaban J connectivity index is 1.73. The van der Waals surface area contributed by atoms with Crippen LogP contribution >= 0.6 is 11.8 Å². The number of amides is 1. The molecular formula is C19H22N2OS. The van der Waals surface area contributed by atoms with Gasteiger partial charge in [0.15, 0.2) is 0 Å². The van der Waals surface area contributed by atoms with Gasteiger partial charge in [-0.25, -0.2) is 0 Å². The van der Waals surface area contributed by atoms with Gasteiger partial charge in [-0.3, -0.25) is 4.79 Å². The van der Waals surface area contributed by atoms with Crippen molar-refractivity contribution in [2.45, 2.75) is 30.9 Å². The van der Waals surface area contributed by atoms with Crippen LogP contribution in [0.2, 0.25) is 0 Å². The van der Waals surface area contributed by atoms with Crippen molar-refractivity contribution in [3.8, 4) is 0 Å². The third-order valence-electron chi connectivity index (χ3n) is 4.00. The van der Waals surface area contributed by atoms with E-state index in [0.29, 0.717) is 11.8 Å². The number of thioether (sulfide) groups is 1. The predicted molar refractivity (Wildman–Crippen MR) is 98.5 cm³/mol. The summed E-state index contributed by atoms with van der Waals surface area (Å²) in [6, 6.07) is 14.4. The molecule has 1 amide bonds. The molecule has 3 rings (SSSR count). The van der Waals surface area contributed by atoms with Crippen LogP contribution in [0.1, 0.15) is 18.1 Å². The summed E-state index contributed by atoms with van der Waals surface area (Å²) in [6.45, 7) is 7.56. The lowest BCUT2D eigenvalue weighted by atomic mass is 10.1. The van der Waals surface area contributed by atoms with Crippen LogP contribution in [0.15, 0.2) is 47.4 Å². The van der Waals surface area contributed by atoms with E-state index >= 15 is 0 Å². The third-order valence-corrected chi connectivity index (χ3v) is 5.15. The number of carbonyl (C=O) groups is 1. The smallest absolute Gasteiger partial charge is 0.243 e. The topological polar surface area (TPSA) is 32.3 Å². The van der Waals surface area contributed by atoms with Crippen LogP contribution in [0.3, 0.4) is 0 Å². The maximum absolute atomic E-state index is 12.5. The Morgan fingerprint density at radius 2 is 2.04 bits per heavy atom. The number of nitrogens with one attached hydrogen (secondary N) is 1. The molecular weight excluding hydrogens is 304 g/mol. The van der Waals surface area contributed by atoms with Gasteiger partial charge in [-0.2, -0.15) is 0 Å². The summed E-state index contributed by atoms with van der Waals surface area (Å²) in [5.74, 6) is 0.0332. The van der Waals surface area contributed by atoms with Gasteiger partial charge in [0.25, 0.3) is 0 Å². The summed E-state index contributed by atoms with van der Waals surface area (Å²) in [4.78, 5) is 15.9. The number of anilines is 2. The second kappa shape index (κ2) is 6.67. The minimum Gasteiger partial charge on any atom is -0.360 e. The molecule has 1 atom stereocenters. The van der Waals surface area contributed by atoms with E-state index in [2.05, 4.69) is 48.3 Å². The number of aryl methyl sites for hydroxylation is 2. The van der Waals surface area contributed by atoms with E-state index < -0.39 is 0 Å². The van der Waals surface area contributed by atoms with Crippen molar-refractivity contribution >= 4 is 29.0 Å². The number of nitrogens with zero attached hydrogens (tertiary/aromatic N) is 1. The highest BCUT2D eigenvalue weighted by atomic mass is 32.2. The summed E-state index contributed by atoms with van der Waals surface area (Å²) in [5.41, 5.74) is 4.36. The fourth-order valence-electron chi connectivity index (χ4n) is 2.95. The Bertz CT molecular complexity index is 729. The van der Waals surface area contributed by atoms with E-state index in [0.717, 1.165) is 23.5 Å². The fourth-order valence-corrected chi connectivity index (χ4v) is 4.11. The fraction of sp³-hybridized carbons (Fsp3) is 0.316. The summed E-state index contributed by atoms with van der Waals surface area (Å²) in [6.07, 6.45) is 0. The molecule has 3 nitrogen and oxygen atoms in total. The van der Waals surface area contributed by atoms with Gasteiger partial charge in [0.1, 0.15) is 0 Å². The van der Waals surface area contributed by atoms with Crippen LogP contribution in [-0.4, -0.2) is 24.2 Å². The highest BCUT2D eigenvalue weighted by molar-refractivity contribution is 8.00. The first-order valence-electron chi connectivity index (χ1n) is 7.90. The number of rotatable bonds is 3. The normalized spacial score (nSPS) is 16.8. The molecule has 0 spiro atoms.